The van der Waals surface area contributed by atoms with Gasteiger partial charge in [0.15, 0.2) is 0 Å². The Morgan fingerprint density at radius 1 is 1.56 bits per heavy atom. The van der Waals surface area contributed by atoms with E-state index >= 15 is 0 Å². The number of nitrogens with zero attached hydrogens (tertiary/aromatic N) is 1. The second-order valence-electron chi connectivity index (χ2n) is 4.29. The number of hydrogen-bond donors (Lipinski definition) is 1. The maximum atomic E-state index is 11.4. The first kappa shape index (κ1) is 12.8. The van der Waals surface area contributed by atoms with Gasteiger partial charge in [0.1, 0.15) is 5.60 Å². The van der Waals surface area contributed by atoms with Crippen LogP contribution in [0.25, 0.3) is 0 Å². The fourth-order valence-electron chi connectivity index (χ4n) is 1.03. The normalized spacial score (nSPS) is 11.2. The molecule has 16 heavy (non-hydrogen) atoms. The number of carbonyl (C=O) groups excluding carboxylic acids is 1. The number of hydrogen-bond acceptors (Lipinski definition) is 5. The quantitative estimate of drug-likeness (QED) is 0.647. The molecule has 0 radical (unpaired) electrons. The van der Waals surface area contributed by atoms with E-state index in [2.05, 4.69) is 4.98 Å². The van der Waals surface area contributed by atoms with Crippen molar-refractivity contribution in [2.45, 2.75) is 31.3 Å². The van der Waals surface area contributed by atoms with Gasteiger partial charge in [0, 0.05) is 11.1 Å². The lowest BCUT2D eigenvalue weighted by molar-refractivity contribution is -0.151. The van der Waals surface area contributed by atoms with Crippen LogP contribution < -0.4 is 5.73 Å². The average Bonchev–Trinajstić information content (AvgIpc) is 2.14. The maximum absolute atomic E-state index is 11.4. The number of carbonyl (C=O) groups is 1. The van der Waals surface area contributed by atoms with E-state index in [1.807, 2.05) is 20.8 Å². The third kappa shape index (κ3) is 4.53. The number of esters is 1. The summed E-state index contributed by atoms with van der Waals surface area (Å²) in [7, 11) is 0. The molecule has 0 fully saturated rings. The van der Waals surface area contributed by atoms with Crippen LogP contribution in [0.4, 0.5) is 5.69 Å². The first-order valence-corrected chi connectivity index (χ1v) is 5.91. The number of rotatable bonds is 3. The zero-order valence-electron chi connectivity index (χ0n) is 9.69. The Bertz CT molecular complexity index is 374. The van der Waals surface area contributed by atoms with Gasteiger partial charge in [-0.1, -0.05) is 0 Å². The predicted molar refractivity (Wildman–Crippen MR) is 65.2 cm³/mol. The molecule has 0 aromatic carbocycles. The van der Waals surface area contributed by atoms with E-state index < -0.39 is 5.60 Å². The summed E-state index contributed by atoms with van der Waals surface area (Å²) in [5.41, 5.74) is 5.84. The number of anilines is 1. The predicted octanol–water partition coefficient (Wildman–Crippen LogP) is 2.10. The summed E-state index contributed by atoms with van der Waals surface area (Å²) in [5.74, 6) is 0.0135. The summed E-state index contributed by atoms with van der Waals surface area (Å²) in [6.45, 7) is 5.53. The van der Waals surface area contributed by atoms with Crippen molar-refractivity contribution in [2.75, 3.05) is 11.5 Å². The van der Waals surface area contributed by atoms with Crippen LogP contribution >= 0.6 is 11.8 Å². The van der Waals surface area contributed by atoms with Crippen molar-refractivity contribution in [1.82, 2.24) is 4.98 Å². The minimum Gasteiger partial charge on any atom is -0.459 e. The van der Waals surface area contributed by atoms with E-state index in [0.29, 0.717) is 5.69 Å². The van der Waals surface area contributed by atoms with Crippen LogP contribution in [-0.2, 0) is 9.53 Å². The Hall–Kier alpha value is -1.23. The lowest BCUT2D eigenvalue weighted by Crippen LogP contribution is -2.24. The van der Waals surface area contributed by atoms with Gasteiger partial charge in [0.05, 0.1) is 17.6 Å². The molecule has 2 N–H and O–H groups in total. The lowest BCUT2D eigenvalue weighted by Gasteiger charge is -2.19. The average molecular weight is 240 g/mol. The summed E-state index contributed by atoms with van der Waals surface area (Å²) in [4.78, 5) is 16.2. The van der Waals surface area contributed by atoms with Gasteiger partial charge < -0.3 is 10.5 Å². The molecule has 1 aromatic rings. The molecular weight excluding hydrogens is 224 g/mol. The minimum atomic E-state index is -0.443. The molecular formula is C11H16N2O2S. The Morgan fingerprint density at radius 2 is 2.25 bits per heavy atom. The summed E-state index contributed by atoms with van der Waals surface area (Å²) < 4.78 is 5.18. The highest BCUT2D eigenvalue weighted by Gasteiger charge is 2.16. The van der Waals surface area contributed by atoms with E-state index in [1.54, 1.807) is 18.5 Å². The lowest BCUT2D eigenvalue weighted by atomic mass is 10.2. The van der Waals surface area contributed by atoms with Gasteiger partial charge in [-0.3, -0.25) is 9.78 Å². The molecule has 5 heteroatoms. The van der Waals surface area contributed by atoms with Crippen molar-refractivity contribution in [3.8, 4) is 0 Å². The van der Waals surface area contributed by atoms with E-state index in [-0.39, 0.29) is 11.7 Å². The van der Waals surface area contributed by atoms with Crippen molar-refractivity contribution in [3.05, 3.63) is 18.5 Å². The van der Waals surface area contributed by atoms with E-state index in [1.165, 1.54) is 11.8 Å². The van der Waals surface area contributed by atoms with Crippen molar-refractivity contribution in [2.24, 2.45) is 0 Å². The molecule has 0 bridgehead atoms. The summed E-state index contributed by atoms with van der Waals surface area (Å²) in [6.07, 6.45) is 3.21. The van der Waals surface area contributed by atoms with Crippen molar-refractivity contribution >= 4 is 23.4 Å². The molecule has 0 spiro atoms. The van der Waals surface area contributed by atoms with Gasteiger partial charge in [-0.2, -0.15) is 0 Å². The molecule has 0 saturated carbocycles. The van der Waals surface area contributed by atoms with Gasteiger partial charge in [-0.05, 0) is 26.8 Å². The first-order valence-electron chi connectivity index (χ1n) is 4.92. The number of thioether (sulfide) groups is 1. The molecule has 1 aromatic heterocycles. The molecule has 88 valence electrons. The van der Waals surface area contributed by atoms with Crippen LogP contribution in [0, 0.1) is 0 Å². The third-order valence-electron chi connectivity index (χ3n) is 1.58. The molecule has 1 heterocycles. The molecule has 0 saturated heterocycles. The molecule has 0 aliphatic heterocycles. The monoisotopic (exact) mass is 240 g/mol. The third-order valence-corrected chi connectivity index (χ3v) is 2.64. The molecule has 0 aliphatic rings. The fraction of sp³-hybridized carbons (Fsp3) is 0.455. The fourth-order valence-corrected chi connectivity index (χ4v) is 1.74. The molecule has 1 rings (SSSR count). The van der Waals surface area contributed by atoms with Crippen molar-refractivity contribution < 1.29 is 9.53 Å². The van der Waals surface area contributed by atoms with Crippen LogP contribution in [-0.4, -0.2) is 22.3 Å². The number of nitrogens with two attached hydrogens (primary N) is 1. The summed E-state index contributed by atoms with van der Waals surface area (Å²) in [6, 6.07) is 1.78. The Labute approximate surface area is 99.6 Å². The second-order valence-corrected chi connectivity index (χ2v) is 5.31. The van der Waals surface area contributed by atoms with Crippen LogP contribution in [0.15, 0.2) is 23.4 Å². The largest absolute Gasteiger partial charge is 0.459 e. The minimum absolute atomic E-state index is 0.242. The topological polar surface area (TPSA) is 65.2 Å². The Balaban J connectivity index is 2.47. The van der Waals surface area contributed by atoms with Crippen LogP contribution in [0.1, 0.15) is 20.8 Å². The number of ether oxygens (including phenoxy) is 1. The highest BCUT2D eigenvalue weighted by molar-refractivity contribution is 8.00. The molecule has 4 nitrogen and oxygen atoms in total. The SMILES string of the molecule is CC(C)(C)OC(=O)CSc1ccncc1N. The molecule has 0 aliphatic carbocycles. The van der Waals surface area contributed by atoms with Crippen LogP contribution in [0.5, 0.6) is 0 Å². The van der Waals surface area contributed by atoms with E-state index in [0.717, 1.165) is 4.90 Å². The Morgan fingerprint density at radius 3 is 2.81 bits per heavy atom. The molecule has 0 unspecified atom stereocenters. The molecule has 0 amide bonds. The van der Waals surface area contributed by atoms with Crippen molar-refractivity contribution in [1.29, 1.82) is 0 Å². The summed E-state index contributed by atoms with van der Waals surface area (Å²) in [5, 5.41) is 0. The van der Waals surface area contributed by atoms with Gasteiger partial charge in [0.25, 0.3) is 0 Å². The van der Waals surface area contributed by atoms with Gasteiger partial charge in [0.2, 0.25) is 0 Å². The number of pyridine rings is 1. The Kier molecular flexibility index (Phi) is 4.18. The van der Waals surface area contributed by atoms with Crippen LogP contribution in [0.3, 0.4) is 0 Å². The van der Waals surface area contributed by atoms with Crippen molar-refractivity contribution in [3.63, 3.8) is 0 Å². The zero-order valence-corrected chi connectivity index (χ0v) is 10.5. The second kappa shape index (κ2) is 5.21. The summed E-state index contributed by atoms with van der Waals surface area (Å²) >= 11 is 1.36. The van der Waals surface area contributed by atoms with E-state index in [4.69, 9.17) is 10.5 Å². The van der Waals surface area contributed by atoms with Crippen LogP contribution in [0.2, 0.25) is 0 Å². The highest BCUT2D eigenvalue weighted by Crippen LogP contribution is 2.23. The van der Waals surface area contributed by atoms with Gasteiger partial charge in [-0.15, -0.1) is 11.8 Å². The van der Waals surface area contributed by atoms with Gasteiger partial charge in [-0.25, -0.2) is 0 Å². The number of aromatic nitrogens is 1. The smallest absolute Gasteiger partial charge is 0.316 e. The molecule has 0 atom stereocenters. The highest BCUT2D eigenvalue weighted by atomic mass is 32.2. The van der Waals surface area contributed by atoms with E-state index in [9.17, 15) is 4.79 Å². The zero-order chi connectivity index (χ0) is 12.2. The standard InChI is InChI=1S/C11H16N2O2S/c1-11(2,3)15-10(14)7-16-9-4-5-13-6-8(9)12/h4-6H,7,12H2,1-3H3. The number of nitrogen functional groups attached to an aromatic ring is 1. The van der Waals surface area contributed by atoms with Gasteiger partial charge >= 0.3 is 5.97 Å². The maximum Gasteiger partial charge on any atom is 0.316 e. The first-order chi connectivity index (χ1) is 7.38.